The Kier molecular flexibility index (Phi) is 2.80. The molecule has 0 unspecified atom stereocenters. The summed E-state index contributed by atoms with van der Waals surface area (Å²) in [5.41, 5.74) is 2.31. The summed E-state index contributed by atoms with van der Waals surface area (Å²) in [7, 11) is -0.244. The Morgan fingerprint density at radius 2 is 2.00 bits per heavy atom. The number of hydrogen-bond donors (Lipinski definition) is 0. The van der Waals surface area contributed by atoms with Gasteiger partial charge in [-0.3, -0.25) is 4.98 Å². The van der Waals surface area contributed by atoms with Crippen LogP contribution in [-0.4, -0.2) is 25.3 Å². The summed E-state index contributed by atoms with van der Waals surface area (Å²) < 4.78 is 11.4. The average Bonchev–Trinajstić information content (AvgIpc) is 2.19. The summed E-state index contributed by atoms with van der Waals surface area (Å²) in [5.74, 6) is 0. The third-order valence-corrected chi connectivity index (χ3v) is 2.58. The zero-order chi connectivity index (χ0) is 10.9. The van der Waals surface area contributed by atoms with E-state index in [9.17, 15) is 0 Å². The van der Waals surface area contributed by atoms with E-state index in [0.717, 1.165) is 24.2 Å². The highest BCUT2D eigenvalue weighted by Crippen LogP contribution is 2.21. The van der Waals surface area contributed by atoms with E-state index in [4.69, 9.17) is 9.31 Å². The summed E-state index contributed by atoms with van der Waals surface area (Å²) in [6, 6.07) is 1.97. The van der Waals surface area contributed by atoms with Crippen LogP contribution in [0.2, 0.25) is 0 Å². The van der Waals surface area contributed by atoms with Gasteiger partial charge in [-0.15, -0.1) is 0 Å². The van der Waals surface area contributed by atoms with Crippen LogP contribution in [0.3, 0.4) is 0 Å². The van der Waals surface area contributed by atoms with Crippen LogP contribution in [0.4, 0.5) is 0 Å². The third kappa shape index (κ3) is 2.38. The Hall–Kier alpha value is -0.865. The molecule has 1 saturated heterocycles. The molecule has 0 aliphatic carbocycles. The quantitative estimate of drug-likeness (QED) is 0.644. The Labute approximate surface area is 91.0 Å². The van der Waals surface area contributed by atoms with Crippen molar-refractivity contribution in [2.45, 2.75) is 20.8 Å². The molecule has 80 valence electrons. The molecule has 0 aromatic carbocycles. The Bertz CT molecular complexity index is 344. The van der Waals surface area contributed by atoms with Gasteiger partial charge in [-0.1, -0.05) is 13.8 Å². The maximum atomic E-state index is 5.70. The Morgan fingerprint density at radius 1 is 1.33 bits per heavy atom. The predicted octanol–water partition coefficient (Wildman–Crippen LogP) is 1.16. The minimum absolute atomic E-state index is 0.118. The summed E-state index contributed by atoms with van der Waals surface area (Å²) in [6.45, 7) is 7.78. The standard InChI is InChI=1S/C11H16BNO2/c1-9-4-5-13-6-10(9)12-14-7-11(2,3)8-15-12/h4-6H,7-8H2,1-3H3. The van der Waals surface area contributed by atoms with Crippen LogP contribution in [0.15, 0.2) is 18.5 Å². The molecule has 1 fully saturated rings. The molecular formula is C11H16BNO2. The van der Waals surface area contributed by atoms with Gasteiger partial charge in [0.25, 0.3) is 0 Å². The van der Waals surface area contributed by atoms with Crippen LogP contribution in [0, 0.1) is 12.3 Å². The second-order valence-corrected chi connectivity index (χ2v) is 4.85. The Balaban J connectivity index is 2.11. The molecule has 4 heteroatoms. The molecule has 1 aliphatic heterocycles. The molecular weight excluding hydrogens is 189 g/mol. The van der Waals surface area contributed by atoms with Crippen molar-refractivity contribution in [3.8, 4) is 0 Å². The normalized spacial score (nSPS) is 20.3. The molecule has 0 N–H and O–H groups in total. The second-order valence-electron chi connectivity index (χ2n) is 4.85. The first-order chi connectivity index (χ1) is 7.08. The van der Waals surface area contributed by atoms with Gasteiger partial charge >= 0.3 is 7.12 Å². The zero-order valence-electron chi connectivity index (χ0n) is 9.49. The predicted molar refractivity (Wildman–Crippen MR) is 60.0 cm³/mol. The van der Waals surface area contributed by atoms with E-state index in [1.165, 1.54) is 0 Å². The number of nitrogens with zero attached hydrogens (tertiary/aromatic N) is 1. The lowest BCUT2D eigenvalue weighted by Crippen LogP contribution is -2.48. The van der Waals surface area contributed by atoms with Crippen molar-refractivity contribution in [2.75, 3.05) is 13.2 Å². The monoisotopic (exact) mass is 205 g/mol. The van der Waals surface area contributed by atoms with Crippen LogP contribution < -0.4 is 5.46 Å². The Morgan fingerprint density at radius 3 is 2.60 bits per heavy atom. The maximum Gasteiger partial charge on any atom is 0.495 e. The maximum absolute atomic E-state index is 5.70. The third-order valence-electron chi connectivity index (χ3n) is 2.58. The first kappa shape index (κ1) is 10.6. The number of rotatable bonds is 1. The highest BCUT2D eigenvalue weighted by molar-refractivity contribution is 6.61. The average molecular weight is 205 g/mol. The van der Waals surface area contributed by atoms with Gasteiger partial charge < -0.3 is 9.31 Å². The highest BCUT2D eigenvalue weighted by Gasteiger charge is 2.34. The summed E-state index contributed by atoms with van der Waals surface area (Å²) >= 11 is 0. The van der Waals surface area contributed by atoms with E-state index in [1.54, 1.807) is 6.20 Å². The number of hydrogen-bond acceptors (Lipinski definition) is 3. The fourth-order valence-corrected chi connectivity index (χ4v) is 1.59. The smallest absolute Gasteiger partial charge is 0.407 e. The lowest BCUT2D eigenvalue weighted by molar-refractivity contribution is 0.0342. The summed E-state index contributed by atoms with van der Waals surface area (Å²) in [5, 5.41) is 0. The minimum Gasteiger partial charge on any atom is -0.407 e. The number of aromatic nitrogens is 1. The van der Waals surface area contributed by atoms with E-state index in [-0.39, 0.29) is 12.5 Å². The largest absolute Gasteiger partial charge is 0.495 e. The SMILES string of the molecule is Cc1ccncc1B1OCC(C)(C)CO1. The molecule has 0 amide bonds. The number of pyridine rings is 1. The first-order valence-corrected chi connectivity index (χ1v) is 5.22. The molecule has 15 heavy (non-hydrogen) atoms. The van der Waals surface area contributed by atoms with Crippen LogP contribution in [-0.2, 0) is 9.31 Å². The molecule has 1 aromatic rings. The van der Waals surface area contributed by atoms with Crippen molar-refractivity contribution < 1.29 is 9.31 Å². The second kappa shape index (κ2) is 3.95. The highest BCUT2D eigenvalue weighted by atomic mass is 16.6. The van der Waals surface area contributed by atoms with Crippen LogP contribution in [0.25, 0.3) is 0 Å². The molecule has 0 atom stereocenters. The van der Waals surface area contributed by atoms with Gasteiger partial charge in [-0.2, -0.15) is 0 Å². The van der Waals surface area contributed by atoms with Crippen molar-refractivity contribution in [3.63, 3.8) is 0 Å². The van der Waals surface area contributed by atoms with Crippen molar-refractivity contribution >= 4 is 12.6 Å². The minimum atomic E-state index is -0.244. The van der Waals surface area contributed by atoms with Crippen LogP contribution >= 0.6 is 0 Å². The molecule has 2 rings (SSSR count). The summed E-state index contributed by atoms with van der Waals surface area (Å²) in [6.07, 6.45) is 3.60. The van der Waals surface area contributed by atoms with Gasteiger partial charge in [0.05, 0.1) is 0 Å². The molecule has 3 nitrogen and oxygen atoms in total. The lowest BCUT2D eigenvalue weighted by Gasteiger charge is -2.33. The van der Waals surface area contributed by atoms with Crippen molar-refractivity contribution in [2.24, 2.45) is 5.41 Å². The van der Waals surface area contributed by atoms with E-state index < -0.39 is 0 Å². The molecule has 0 saturated carbocycles. The first-order valence-electron chi connectivity index (χ1n) is 5.22. The molecule has 1 aliphatic rings. The van der Waals surface area contributed by atoms with E-state index in [2.05, 4.69) is 18.8 Å². The lowest BCUT2D eigenvalue weighted by atomic mass is 9.74. The number of aryl methyl sites for hydroxylation is 1. The summed E-state index contributed by atoms with van der Waals surface area (Å²) in [4.78, 5) is 4.10. The molecule has 0 radical (unpaired) electrons. The van der Waals surface area contributed by atoms with Crippen molar-refractivity contribution in [1.29, 1.82) is 0 Å². The molecule has 0 spiro atoms. The van der Waals surface area contributed by atoms with Gasteiger partial charge in [-0.05, 0) is 18.6 Å². The zero-order valence-corrected chi connectivity index (χ0v) is 9.49. The fourth-order valence-electron chi connectivity index (χ4n) is 1.59. The van der Waals surface area contributed by atoms with E-state index in [0.29, 0.717) is 0 Å². The van der Waals surface area contributed by atoms with E-state index >= 15 is 0 Å². The van der Waals surface area contributed by atoms with Gasteiger partial charge in [0.15, 0.2) is 0 Å². The van der Waals surface area contributed by atoms with Crippen molar-refractivity contribution in [1.82, 2.24) is 4.98 Å². The van der Waals surface area contributed by atoms with Gasteiger partial charge in [0, 0.05) is 36.5 Å². The van der Waals surface area contributed by atoms with E-state index in [1.807, 2.05) is 19.2 Å². The topological polar surface area (TPSA) is 31.4 Å². The fraction of sp³-hybridized carbons (Fsp3) is 0.545. The van der Waals surface area contributed by atoms with Crippen LogP contribution in [0.5, 0.6) is 0 Å². The molecule has 0 bridgehead atoms. The van der Waals surface area contributed by atoms with Gasteiger partial charge in [0.2, 0.25) is 0 Å². The van der Waals surface area contributed by atoms with Gasteiger partial charge in [-0.25, -0.2) is 0 Å². The molecule has 2 heterocycles. The van der Waals surface area contributed by atoms with Crippen molar-refractivity contribution in [3.05, 3.63) is 24.0 Å². The molecule has 1 aromatic heterocycles. The van der Waals surface area contributed by atoms with Crippen LogP contribution in [0.1, 0.15) is 19.4 Å². The van der Waals surface area contributed by atoms with Gasteiger partial charge in [0.1, 0.15) is 0 Å².